The predicted molar refractivity (Wildman–Crippen MR) is 60.4 cm³/mol. The lowest BCUT2D eigenvalue weighted by atomic mass is 10.2. The second kappa shape index (κ2) is 5.62. The minimum absolute atomic E-state index is 0.0977. The van der Waals surface area contributed by atoms with E-state index in [-0.39, 0.29) is 18.1 Å². The van der Waals surface area contributed by atoms with Gasteiger partial charge in [0.15, 0.2) is 0 Å². The van der Waals surface area contributed by atoms with Crippen LogP contribution in [0.2, 0.25) is 0 Å². The lowest BCUT2D eigenvalue weighted by molar-refractivity contribution is 0.0214. The Balaban J connectivity index is 2.07. The molecule has 1 aromatic heterocycles. The van der Waals surface area contributed by atoms with Gasteiger partial charge in [-0.25, -0.2) is 0 Å². The molecule has 0 radical (unpaired) electrons. The van der Waals surface area contributed by atoms with Gasteiger partial charge in [0.2, 0.25) is 5.95 Å². The van der Waals surface area contributed by atoms with Gasteiger partial charge in [-0.05, 0) is 0 Å². The second-order valence-corrected chi connectivity index (χ2v) is 3.61. The molecule has 0 bridgehead atoms. The normalized spacial score (nSPS) is 16.6. The number of rotatable bonds is 4. The first-order valence-corrected chi connectivity index (χ1v) is 5.54. The number of anilines is 1. The maximum Gasteiger partial charge on any atom is 0.324 e. The van der Waals surface area contributed by atoms with E-state index in [1.165, 1.54) is 7.11 Å². The molecule has 0 aromatic carbocycles. The van der Waals surface area contributed by atoms with Crippen molar-refractivity contribution in [2.45, 2.75) is 18.9 Å². The highest BCUT2D eigenvalue weighted by Gasteiger charge is 2.17. The largest absolute Gasteiger partial charge is 0.467 e. The van der Waals surface area contributed by atoms with Crippen LogP contribution in [-0.4, -0.2) is 48.4 Å². The van der Waals surface area contributed by atoms with Crippen LogP contribution in [-0.2, 0) is 4.74 Å². The number of nitrogens with zero attached hydrogens (tertiary/aromatic N) is 3. The molecule has 7 heteroatoms. The smallest absolute Gasteiger partial charge is 0.324 e. The highest BCUT2D eigenvalue weighted by molar-refractivity contribution is 5.26. The third-order valence-electron chi connectivity index (χ3n) is 2.44. The van der Waals surface area contributed by atoms with Gasteiger partial charge in [-0.1, -0.05) is 0 Å². The zero-order chi connectivity index (χ0) is 12.1. The van der Waals surface area contributed by atoms with Crippen molar-refractivity contribution in [3.8, 4) is 12.0 Å². The number of nitrogens with one attached hydrogen (secondary N) is 1. The Hall–Kier alpha value is -1.63. The van der Waals surface area contributed by atoms with E-state index in [0.29, 0.717) is 19.2 Å². The lowest BCUT2D eigenvalue weighted by Crippen LogP contribution is -2.26. The summed E-state index contributed by atoms with van der Waals surface area (Å²) in [6.07, 6.45) is 1.80. The van der Waals surface area contributed by atoms with Gasteiger partial charge in [0.1, 0.15) is 6.10 Å². The first-order chi connectivity index (χ1) is 8.31. The maximum atomic E-state index is 5.68. The summed E-state index contributed by atoms with van der Waals surface area (Å²) in [6.45, 7) is 1.43. The van der Waals surface area contributed by atoms with Gasteiger partial charge < -0.3 is 19.5 Å². The molecule has 2 heterocycles. The Bertz CT molecular complexity index is 346. The van der Waals surface area contributed by atoms with Crippen molar-refractivity contribution in [1.82, 2.24) is 15.0 Å². The minimum atomic E-state index is 0.0977. The molecule has 0 unspecified atom stereocenters. The average Bonchev–Trinajstić information content (AvgIpc) is 2.39. The molecule has 0 saturated carbocycles. The fourth-order valence-electron chi connectivity index (χ4n) is 1.54. The van der Waals surface area contributed by atoms with E-state index in [0.717, 1.165) is 12.8 Å². The fraction of sp³-hybridized carbons (Fsp3) is 0.700. The summed E-state index contributed by atoms with van der Waals surface area (Å²) in [7, 11) is 3.24. The minimum Gasteiger partial charge on any atom is -0.467 e. The molecule has 0 amide bonds. The van der Waals surface area contributed by atoms with Crippen LogP contribution in [0.25, 0.3) is 0 Å². The molecule has 1 aliphatic heterocycles. The van der Waals surface area contributed by atoms with Crippen LogP contribution < -0.4 is 14.8 Å². The number of hydrogen-bond donors (Lipinski definition) is 1. The van der Waals surface area contributed by atoms with E-state index >= 15 is 0 Å². The Morgan fingerprint density at radius 1 is 1.18 bits per heavy atom. The molecule has 0 atom stereocenters. The van der Waals surface area contributed by atoms with E-state index in [2.05, 4.69) is 20.3 Å². The van der Waals surface area contributed by atoms with Crippen LogP contribution in [0.4, 0.5) is 5.95 Å². The Morgan fingerprint density at radius 3 is 2.53 bits per heavy atom. The molecule has 7 nitrogen and oxygen atoms in total. The van der Waals surface area contributed by atoms with Crippen molar-refractivity contribution >= 4 is 5.95 Å². The molecule has 17 heavy (non-hydrogen) atoms. The first-order valence-electron chi connectivity index (χ1n) is 5.54. The number of methoxy groups -OCH3 is 1. The Morgan fingerprint density at radius 2 is 1.88 bits per heavy atom. The SMILES string of the molecule is CNc1nc(OC)nc(OC2CCOCC2)n1. The summed E-state index contributed by atoms with van der Waals surface area (Å²) < 4.78 is 15.9. The summed E-state index contributed by atoms with van der Waals surface area (Å²) in [5.41, 5.74) is 0. The Labute approximate surface area is 99.5 Å². The molecule has 1 N–H and O–H groups in total. The summed E-state index contributed by atoms with van der Waals surface area (Å²) in [6, 6.07) is 0.527. The van der Waals surface area contributed by atoms with Gasteiger partial charge >= 0.3 is 12.0 Å². The number of ether oxygens (including phenoxy) is 3. The highest BCUT2D eigenvalue weighted by atomic mass is 16.5. The summed E-state index contributed by atoms with van der Waals surface area (Å²) >= 11 is 0. The average molecular weight is 240 g/mol. The second-order valence-electron chi connectivity index (χ2n) is 3.61. The van der Waals surface area contributed by atoms with Gasteiger partial charge in [-0.2, -0.15) is 9.97 Å². The van der Waals surface area contributed by atoms with E-state index in [1.807, 2.05) is 0 Å². The number of aromatic nitrogens is 3. The molecule has 0 spiro atoms. The van der Waals surface area contributed by atoms with Crippen LogP contribution in [0, 0.1) is 0 Å². The van der Waals surface area contributed by atoms with E-state index in [4.69, 9.17) is 14.2 Å². The maximum absolute atomic E-state index is 5.68. The predicted octanol–water partition coefficient (Wildman–Crippen LogP) is 0.480. The van der Waals surface area contributed by atoms with Crippen molar-refractivity contribution in [3.63, 3.8) is 0 Å². The molecular formula is C10H16N4O3. The fourth-order valence-corrected chi connectivity index (χ4v) is 1.54. The first kappa shape index (κ1) is 11.8. The lowest BCUT2D eigenvalue weighted by Gasteiger charge is -2.22. The third kappa shape index (κ3) is 3.16. The van der Waals surface area contributed by atoms with Crippen molar-refractivity contribution in [2.75, 3.05) is 32.7 Å². The van der Waals surface area contributed by atoms with Crippen molar-refractivity contribution < 1.29 is 14.2 Å². The molecule has 2 rings (SSSR count). The van der Waals surface area contributed by atoms with Crippen LogP contribution in [0.5, 0.6) is 12.0 Å². The molecule has 1 saturated heterocycles. The Kier molecular flexibility index (Phi) is 3.92. The van der Waals surface area contributed by atoms with Gasteiger partial charge in [0.25, 0.3) is 0 Å². The van der Waals surface area contributed by atoms with Gasteiger partial charge in [-0.3, -0.25) is 0 Å². The van der Waals surface area contributed by atoms with Gasteiger partial charge in [-0.15, -0.1) is 4.98 Å². The van der Waals surface area contributed by atoms with E-state index in [9.17, 15) is 0 Å². The van der Waals surface area contributed by atoms with Gasteiger partial charge in [0.05, 0.1) is 20.3 Å². The van der Waals surface area contributed by atoms with E-state index < -0.39 is 0 Å². The molecule has 94 valence electrons. The van der Waals surface area contributed by atoms with Crippen LogP contribution in [0.1, 0.15) is 12.8 Å². The highest BCUT2D eigenvalue weighted by Crippen LogP contribution is 2.17. The van der Waals surface area contributed by atoms with Crippen LogP contribution in [0.15, 0.2) is 0 Å². The quantitative estimate of drug-likeness (QED) is 0.820. The van der Waals surface area contributed by atoms with E-state index in [1.54, 1.807) is 7.05 Å². The zero-order valence-electron chi connectivity index (χ0n) is 9.97. The molecule has 0 aliphatic carbocycles. The monoisotopic (exact) mass is 240 g/mol. The molecule has 1 aliphatic rings. The van der Waals surface area contributed by atoms with Crippen LogP contribution in [0.3, 0.4) is 0 Å². The topological polar surface area (TPSA) is 78.4 Å². The van der Waals surface area contributed by atoms with Crippen molar-refractivity contribution in [1.29, 1.82) is 0 Å². The van der Waals surface area contributed by atoms with Gasteiger partial charge in [0, 0.05) is 19.9 Å². The molecule has 1 aromatic rings. The third-order valence-corrected chi connectivity index (χ3v) is 2.44. The van der Waals surface area contributed by atoms with Crippen molar-refractivity contribution in [3.05, 3.63) is 0 Å². The summed E-state index contributed by atoms with van der Waals surface area (Å²) in [4.78, 5) is 12.2. The zero-order valence-corrected chi connectivity index (χ0v) is 9.97. The molecular weight excluding hydrogens is 224 g/mol. The summed E-state index contributed by atoms with van der Waals surface area (Å²) in [5.74, 6) is 0.430. The molecule has 1 fully saturated rings. The van der Waals surface area contributed by atoms with Crippen LogP contribution >= 0.6 is 0 Å². The summed E-state index contributed by atoms with van der Waals surface area (Å²) in [5, 5.41) is 2.83. The standard InChI is InChI=1S/C10H16N4O3/c1-11-8-12-9(15-2)14-10(13-8)17-7-3-5-16-6-4-7/h7H,3-6H2,1-2H3,(H,11,12,13,14). The number of hydrogen-bond acceptors (Lipinski definition) is 7. The van der Waals surface area contributed by atoms with Crippen molar-refractivity contribution in [2.24, 2.45) is 0 Å².